The van der Waals surface area contributed by atoms with Crippen molar-refractivity contribution in [2.75, 3.05) is 27.2 Å². The van der Waals surface area contributed by atoms with E-state index in [1.807, 2.05) is 31.3 Å². The number of carbonyl (C=O) groups excluding carboxylic acids is 1. The predicted octanol–water partition coefficient (Wildman–Crippen LogP) is 2.07. The van der Waals surface area contributed by atoms with Crippen LogP contribution in [0.3, 0.4) is 0 Å². The molecule has 1 aliphatic carbocycles. The number of benzene rings is 1. The van der Waals surface area contributed by atoms with Gasteiger partial charge in [0.05, 0.1) is 13.7 Å². The summed E-state index contributed by atoms with van der Waals surface area (Å²) in [7, 11) is 3.48. The van der Waals surface area contributed by atoms with E-state index in [9.17, 15) is 4.79 Å². The van der Waals surface area contributed by atoms with E-state index < -0.39 is 0 Å². The Bertz CT molecular complexity index is 436. The van der Waals surface area contributed by atoms with Crippen LogP contribution in [-0.2, 0) is 11.3 Å². The minimum Gasteiger partial charge on any atom is -0.496 e. The lowest BCUT2D eigenvalue weighted by Crippen LogP contribution is -2.35. The number of halogens is 1. The van der Waals surface area contributed by atoms with Gasteiger partial charge in [-0.15, -0.1) is 12.4 Å². The Kier molecular flexibility index (Phi) is 6.82. The zero-order valence-electron chi connectivity index (χ0n) is 12.1. The highest BCUT2D eigenvalue weighted by Crippen LogP contribution is 2.27. The van der Waals surface area contributed by atoms with Gasteiger partial charge in [-0.1, -0.05) is 18.2 Å². The molecule has 1 aromatic carbocycles. The topological polar surface area (TPSA) is 41.6 Å². The average Bonchev–Trinajstić information content (AvgIpc) is 3.23. The molecule has 1 amide bonds. The largest absolute Gasteiger partial charge is 0.496 e. The SMILES string of the molecule is COc1ccccc1CN(C)C(=O)CNCC1CC1.Cl. The Balaban J connectivity index is 0.00000200. The first-order valence-corrected chi connectivity index (χ1v) is 6.77. The van der Waals surface area contributed by atoms with Crippen LogP contribution in [-0.4, -0.2) is 38.1 Å². The van der Waals surface area contributed by atoms with Crippen LogP contribution < -0.4 is 10.1 Å². The van der Waals surface area contributed by atoms with Crippen LogP contribution in [0.15, 0.2) is 24.3 Å². The van der Waals surface area contributed by atoms with Gasteiger partial charge in [-0.25, -0.2) is 0 Å². The van der Waals surface area contributed by atoms with E-state index >= 15 is 0 Å². The van der Waals surface area contributed by atoms with Gasteiger partial charge in [-0.2, -0.15) is 0 Å². The zero-order valence-corrected chi connectivity index (χ0v) is 12.9. The molecule has 0 unspecified atom stereocenters. The van der Waals surface area contributed by atoms with Crippen LogP contribution in [0.5, 0.6) is 5.75 Å². The van der Waals surface area contributed by atoms with Crippen molar-refractivity contribution in [3.63, 3.8) is 0 Å². The molecule has 0 bridgehead atoms. The average molecular weight is 299 g/mol. The van der Waals surface area contributed by atoms with E-state index in [2.05, 4.69) is 5.32 Å². The van der Waals surface area contributed by atoms with Crippen molar-refractivity contribution in [2.45, 2.75) is 19.4 Å². The Hall–Kier alpha value is -1.26. The van der Waals surface area contributed by atoms with Crippen molar-refractivity contribution >= 4 is 18.3 Å². The van der Waals surface area contributed by atoms with E-state index in [-0.39, 0.29) is 18.3 Å². The summed E-state index contributed by atoms with van der Waals surface area (Å²) in [4.78, 5) is 13.7. The fraction of sp³-hybridized carbons (Fsp3) is 0.533. The molecule has 1 aliphatic rings. The first kappa shape index (κ1) is 16.8. The Morgan fingerprint density at radius 3 is 2.75 bits per heavy atom. The van der Waals surface area contributed by atoms with Gasteiger partial charge in [0.2, 0.25) is 5.91 Å². The van der Waals surface area contributed by atoms with Crippen molar-refractivity contribution in [2.24, 2.45) is 5.92 Å². The summed E-state index contributed by atoms with van der Waals surface area (Å²) in [6.07, 6.45) is 2.61. The smallest absolute Gasteiger partial charge is 0.236 e. The molecule has 4 nitrogen and oxygen atoms in total. The summed E-state index contributed by atoms with van der Waals surface area (Å²) >= 11 is 0. The molecular formula is C15H23ClN2O2. The summed E-state index contributed by atoms with van der Waals surface area (Å²) < 4.78 is 5.29. The Morgan fingerprint density at radius 1 is 1.40 bits per heavy atom. The molecule has 1 fully saturated rings. The van der Waals surface area contributed by atoms with Crippen molar-refractivity contribution in [3.05, 3.63) is 29.8 Å². The molecule has 2 rings (SSSR count). The van der Waals surface area contributed by atoms with Crippen molar-refractivity contribution in [3.8, 4) is 5.75 Å². The number of hydrogen-bond donors (Lipinski definition) is 1. The molecule has 0 aliphatic heterocycles. The summed E-state index contributed by atoms with van der Waals surface area (Å²) in [5.41, 5.74) is 1.03. The fourth-order valence-corrected chi connectivity index (χ4v) is 2.02. The fourth-order valence-electron chi connectivity index (χ4n) is 2.02. The first-order valence-electron chi connectivity index (χ1n) is 6.77. The number of nitrogens with one attached hydrogen (secondary N) is 1. The van der Waals surface area contributed by atoms with E-state index in [0.717, 1.165) is 23.8 Å². The van der Waals surface area contributed by atoms with Crippen LogP contribution in [0, 0.1) is 5.92 Å². The molecule has 0 heterocycles. The number of nitrogens with zero attached hydrogens (tertiary/aromatic N) is 1. The number of para-hydroxylation sites is 1. The monoisotopic (exact) mass is 298 g/mol. The van der Waals surface area contributed by atoms with Crippen LogP contribution in [0.1, 0.15) is 18.4 Å². The molecule has 0 saturated heterocycles. The molecular weight excluding hydrogens is 276 g/mol. The van der Waals surface area contributed by atoms with E-state index in [0.29, 0.717) is 13.1 Å². The second-order valence-electron chi connectivity index (χ2n) is 5.14. The lowest BCUT2D eigenvalue weighted by Gasteiger charge is -2.19. The lowest BCUT2D eigenvalue weighted by atomic mass is 10.2. The van der Waals surface area contributed by atoms with E-state index in [4.69, 9.17) is 4.74 Å². The standard InChI is InChI=1S/C15H22N2O2.ClH/c1-17(15(18)10-16-9-12-7-8-12)11-13-5-3-4-6-14(13)19-2;/h3-6,12,16H,7-11H2,1-2H3;1H. The molecule has 5 heteroatoms. The highest BCUT2D eigenvalue weighted by atomic mass is 35.5. The number of amides is 1. The number of methoxy groups -OCH3 is 1. The first-order chi connectivity index (χ1) is 9.20. The minimum absolute atomic E-state index is 0. The molecule has 1 saturated carbocycles. The number of likely N-dealkylation sites (N-methyl/N-ethyl adjacent to an activating group) is 1. The maximum atomic E-state index is 12.0. The lowest BCUT2D eigenvalue weighted by molar-refractivity contribution is -0.129. The molecule has 0 spiro atoms. The highest BCUT2D eigenvalue weighted by Gasteiger charge is 2.21. The molecule has 1 N–H and O–H groups in total. The minimum atomic E-state index is 0. The summed E-state index contributed by atoms with van der Waals surface area (Å²) in [5, 5.41) is 3.22. The third-order valence-corrected chi connectivity index (χ3v) is 3.43. The number of rotatable bonds is 7. The zero-order chi connectivity index (χ0) is 13.7. The van der Waals surface area contributed by atoms with Crippen LogP contribution in [0.4, 0.5) is 0 Å². The van der Waals surface area contributed by atoms with Gasteiger partial charge in [-0.3, -0.25) is 4.79 Å². The Morgan fingerprint density at radius 2 is 2.10 bits per heavy atom. The molecule has 0 atom stereocenters. The third kappa shape index (κ3) is 5.02. The summed E-state index contributed by atoms with van der Waals surface area (Å²) in [6, 6.07) is 7.79. The van der Waals surface area contributed by atoms with Crippen LogP contribution in [0.25, 0.3) is 0 Å². The van der Waals surface area contributed by atoms with Gasteiger partial charge in [0.25, 0.3) is 0 Å². The number of carbonyl (C=O) groups is 1. The summed E-state index contributed by atoms with van der Waals surface area (Å²) in [5.74, 6) is 1.74. The second kappa shape index (κ2) is 8.12. The quantitative estimate of drug-likeness (QED) is 0.838. The van der Waals surface area contributed by atoms with Crippen molar-refractivity contribution < 1.29 is 9.53 Å². The van der Waals surface area contributed by atoms with E-state index in [1.54, 1.807) is 12.0 Å². The molecule has 0 aromatic heterocycles. The molecule has 20 heavy (non-hydrogen) atoms. The van der Waals surface area contributed by atoms with E-state index in [1.165, 1.54) is 12.8 Å². The number of hydrogen-bond acceptors (Lipinski definition) is 3. The maximum absolute atomic E-state index is 12.0. The number of ether oxygens (including phenoxy) is 1. The third-order valence-electron chi connectivity index (χ3n) is 3.43. The predicted molar refractivity (Wildman–Crippen MR) is 82.3 cm³/mol. The maximum Gasteiger partial charge on any atom is 0.236 e. The Labute approximate surface area is 126 Å². The second-order valence-corrected chi connectivity index (χ2v) is 5.14. The van der Waals surface area contributed by atoms with Gasteiger partial charge in [0.15, 0.2) is 0 Å². The van der Waals surface area contributed by atoms with Crippen LogP contribution >= 0.6 is 12.4 Å². The van der Waals surface area contributed by atoms with Crippen molar-refractivity contribution in [1.82, 2.24) is 10.2 Å². The van der Waals surface area contributed by atoms with Gasteiger partial charge >= 0.3 is 0 Å². The van der Waals surface area contributed by atoms with Crippen LogP contribution in [0.2, 0.25) is 0 Å². The molecule has 1 aromatic rings. The normalized spacial score (nSPS) is 13.5. The van der Waals surface area contributed by atoms with Gasteiger partial charge in [0, 0.05) is 19.2 Å². The molecule has 112 valence electrons. The van der Waals surface area contributed by atoms with Gasteiger partial charge in [0.1, 0.15) is 5.75 Å². The van der Waals surface area contributed by atoms with Crippen molar-refractivity contribution in [1.29, 1.82) is 0 Å². The summed E-state index contributed by atoms with van der Waals surface area (Å²) in [6.45, 7) is 1.96. The van der Waals surface area contributed by atoms with Gasteiger partial charge < -0.3 is 15.0 Å². The highest BCUT2D eigenvalue weighted by molar-refractivity contribution is 5.85. The molecule has 0 radical (unpaired) electrons. The van der Waals surface area contributed by atoms with Gasteiger partial charge in [-0.05, 0) is 31.4 Å².